The SMILES string of the molecule is C=CC[C@]1(C(=O)NNCC2CCCCC2)N=C(c2ccc(OCCCO)cc2)O[C@H]1c1ccccc1. The van der Waals surface area contributed by atoms with Crippen LogP contribution in [0.5, 0.6) is 5.75 Å². The summed E-state index contributed by atoms with van der Waals surface area (Å²) in [5, 5.41) is 8.95. The molecule has 2 aromatic rings. The first-order valence-corrected chi connectivity index (χ1v) is 13.0. The fourth-order valence-electron chi connectivity index (χ4n) is 4.94. The van der Waals surface area contributed by atoms with Gasteiger partial charge in [0, 0.05) is 31.6 Å². The summed E-state index contributed by atoms with van der Waals surface area (Å²) in [6.45, 7) is 5.20. The van der Waals surface area contributed by atoms with Crippen molar-refractivity contribution in [3.63, 3.8) is 0 Å². The van der Waals surface area contributed by atoms with Gasteiger partial charge in [-0.25, -0.2) is 10.4 Å². The zero-order valence-electron chi connectivity index (χ0n) is 20.8. The van der Waals surface area contributed by atoms with E-state index in [1.54, 1.807) is 6.08 Å². The summed E-state index contributed by atoms with van der Waals surface area (Å²) in [6, 6.07) is 17.2. The third kappa shape index (κ3) is 6.15. The van der Waals surface area contributed by atoms with Crippen LogP contribution >= 0.6 is 0 Å². The first-order valence-electron chi connectivity index (χ1n) is 13.0. The Morgan fingerprint density at radius 2 is 1.89 bits per heavy atom. The second kappa shape index (κ2) is 12.7. The summed E-state index contributed by atoms with van der Waals surface area (Å²) in [7, 11) is 0. The quantitative estimate of drug-likeness (QED) is 0.231. The van der Waals surface area contributed by atoms with Crippen LogP contribution in [0.15, 0.2) is 72.2 Å². The molecule has 0 bridgehead atoms. The summed E-state index contributed by atoms with van der Waals surface area (Å²) in [5.41, 5.74) is 6.58. The summed E-state index contributed by atoms with van der Waals surface area (Å²) < 4.78 is 12.0. The van der Waals surface area contributed by atoms with E-state index in [1.165, 1.54) is 32.1 Å². The van der Waals surface area contributed by atoms with Gasteiger partial charge in [0.25, 0.3) is 5.91 Å². The van der Waals surface area contributed by atoms with Crippen molar-refractivity contribution in [1.82, 2.24) is 10.9 Å². The van der Waals surface area contributed by atoms with Gasteiger partial charge in [0.1, 0.15) is 5.75 Å². The number of rotatable bonds is 12. The molecule has 1 heterocycles. The molecule has 1 aliphatic heterocycles. The number of ether oxygens (including phenoxy) is 2. The normalized spacial score (nSPS) is 21.9. The van der Waals surface area contributed by atoms with Crippen LogP contribution in [0, 0.1) is 5.92 Å². The van der Waals surface area contributed by atoms with Gasteiger partial charge in [-0.2, -0.15) is 0 Å². The van der Waals surface area contributed by atoms with Gasteiger partial charge in [-0.05, 0) is 48.6 Å². The molecule has 7 heteroatoms. The van der Waals surface area contributed by atoms with E-state index in [9.17, 15) is 4.79 Å². The van der Waals surface area contributed by atoms with Crippen LogP contribution in [0.25, 0.3) is 0 Å². The predicted molar refractivity (Wildman–Crippen MR) is 141 cm³/mol. The van der Waals surface area contributed by atoms with Gasteiger partial charge in [-0.15, -0.1) is 6.58 Å². The Balaban J connectivity index is 1.56. The topological polar surface area (TPSA) is 92.2 Å². The summed E-state index contributed by atoms with van der Waals surface area (Å²) >= 11 is 0. The molecule has 1 amide bonds. The lowest BCUT2D eigenvalue weighted by molar-refractivity contribution is -0.130. The molecule has 1 fully saturated rings. The molecule has 0 aromatic heterocycles. The van der Waals surface area contributed by atoms with Crippen molar-refractivity contribution >= 4 is 11.8 Å². The number of hydrogen-bond donors (Lipinski definition) is 3. The van der Waals surface area contributed by atoms with Crippen molar-refractivity contribution in [2.45, 2.75) is 56.6 Å². The number of aliphatic imine (C=N–C) groups is 1. The molecule has 0 spiro atoms. The van der Waals surface area contributed by atoms with Crippen LogP contribution in [-0.2, 0) is 9.53 Å². The molecule has 36 heavy (non-hydrogen) atoms. The monoisotopic (exact) mass is 491 g/mol. The van der Waals surface area contributed by atoms with Crippen LogP contribution in [0.3, 0.4) is 0 Å². The molecule has 0 radical (unpaired) electrons. The Morgan fingerprint density at radius 3 is 2.58 bits per heavy atom. The second-order valence-corrected chi connectivity index (χ2v) is 9.53. The number of hydrogen-bond acceptors (Lipinski definition) is 6. The lowest BCUT2D eigenvalue weighted by Crippen LogP contribution is -2.53. The van der Waals surface area contributed by atoms with Crippen LogP contribution < -0.4 is 15.6 Å². The molecule has 2 aliphatic rings. The lowest BCUT2D eigenvalue weighted by Gasteiger charge is -2.30. The number of aliphatic hydroxyl groups is 1. The highest BCUT2D eigenvalue weighted by molar-refractivity contribution is 6.01. The van der Waals surface area contributed by atoms with E-state index in [0.717, 1.165) is 17.7 Å². The molecule has 0 saturated heterocycles. The highest BCUT2D eigenvalue weighted by atomic mass is 16.5. The van der Waals surface area contributed by atoms with Crippen molar-refractivity contribution in [2.75, 3.05) is 19.8 Å². The Morgan fingerprint density at radius 1 is 1.14 bits per heavy atom. The average molecular weight is 492 g/mol. The standard InChI is InChI=1S/C29H37N3O4/c1-2-18-29(28(34)32-30-21-22-10-5-3-6-11-22)26(23-12-7-4-8-13-23)36-27(31-29)24-14-16-25(17-15-24)35-20-9-19-33/h2,4,7-8,12-17,22,26,30,33H,1,3,5-6,9-11,18-21H2,(H,32,34)/t26-,29-/m0/s1. The van der Waals surface area contributed by atoms with Crippen LogP contribution in [0.1, 0.15) is 62.2 Å². The van der Waals surface area contributed by atoms with E-state index in [2.05, 4.69) is 17.4 Å². The molecule has 192 valence electrons. The lowest BCUT2D eigenvalue weighted by atomic mass is 9.84. The highest BCUT2D eigenvalue weighted by Crippen LogP contribution is 2.42. The van der Waals surface area contributed by atoms with Gasteiger partial charge in [0.05, 0.1) is 6.61 Å². The van der Waals surface area contributed by atoms with Crippen LogP contribution in [-0.4, -0.2) is 42.2 Å². The van der Waals surface area contributed by atoms with E-state index in [0.29, 0.717) is 37.0 Å². The number of benzene rings is 2. The fourth-order valence-corrected chi connectivity index (χ4v) is 4.94. The summed E-state index contributed by atoms with van der Waals surface area (Å²) in [6.07, 6.45) is 8.23. The summed E-state index contributed by atoms with van der Waals surface area (Å²) in [4.78, 5) is 18.6. The van der Waals surface area contributed by atoms with Crippen molar-refractivity contribution in [3.8, 4) is 5.75 Å². The maximum Gasteiger partial charge on any atom is 0.266 e. The molecular weight excluding hydrogens is 454 g/mol. The van der Waals surface area contributed by atoms with E-state index in [4.69, 9.17) is 19.6 Å². The fraction of sp³-hybridized carbons (Fsp3) is 0.448. The van der Waals surface area contributed by atoms with Crippen molar-refractivity contribution < 1.29 is 19.4 Å². The van der Waals surface area contributed by atoms with Crippen LogP contribution in [0.4, 0.5) is 0 Å². The predicted octanol–water partition coefficient (Wildman–Crippen LogP) is 4.48. The minimum Gasteiger partial charge on any atom is -0.494 e. The van der Waals surface area contributed by atoms with Crippen molar-refractivity contribution in [1.29, 1.82) is 0 Å². The first kappa shape index (κ1) is 25.9. The zero-order valence-corrected chi connectivity index (χ0v) is 20.8. The molecule has 4 rings (SSSR count). The molecule has 7 nitrogen and oxygen atoms in total. The van der Waals surface area contributed by atoms with E-state index in [1.807, 2.05) is 54.6 Å². The van der Waals surface area contributed by atoms with Gasteiger partial charge < -0.3 is 14.6 Å². The van der Waals surface area contributed by atoms with Gasteiger partial charge >= 0.3 is 0 Å². The Bertz CT molecular complexity index is 1020. The van der Waals surface area contributed by atoms with E-state index >= 15 is 0 Å². The molecule has 0 unspecified atom stereocenters. The van der Waals surface area contributed by atoms with Gasteiger partial charge in [-0.3, -0.25) is 10.2 Å². The third-order valence-corrected chi connectivity index (χ3v) is 6.91. The van der Waals surface area contributed by atoms with Crippen LogP contribution in [0.2, 0.25) is 0 Å². The molecule has 1 aliphatic carbocycles. The van der Waals surface area contributed by atoms with Gasteiger partial charge in [-0.1, -0.05) is 55.7 Å². The maximum atomic E-state index is 13.7. The third-order valence-electron chi connectivity index (χ3n) is 6.91. The second-order valence-electron chi connectivity index (χ2n) is 9.53. The Hall–Kier alpha value is -3.16. The number of nitrogens with zero attached hydrogens (tertiary/aromatic N) is 1. The zero-order chi connectivity index (χ0) is 25.2. The Labute approximate surface area is 213 Å². The van der Waals surface area contributed by atoms with Crippen molar-refractivity contribution in [2.24, 2.45) is 10.9 Å². The number of hydrazine groups is 1. The minimum atomic E-state index is -1.19. The number of carbonyl (C=O) groups excluding carboxylic acids is 1. The summed E-state index contributed by atoms with van der Waals surface area (Å²) in [5.74, 6) is 1.46. The number of carbonyl (C=O) groups is 1. The molecular formula is C29H37N3O4. The number of aliphatic hydroxyl groups excluding tert-OH is 1. The highest BCUT2D eigenvalue weighted by Gasteiger charge is 2.52. The largest absolute Gasteiger partial charge is 0.494 e. The maximum absolute atomic E-state index is 13.7. The Kier molecular flexibility index (Phi) is 9.14. The van der Waals surface area contributed by atoms with Gasteiger partial charge in [0.2, 0.25) is 5.90 Å². The molecule has 2 aromatic carbocycles. The number of nitrogens with one attached hydrogen (secondary N) is 2. The van der Waals surface area contributed by atoms with E-state index in [-0.39, 0.29) is 12.5 Å². The molecule has 1 saturated carbocycles. The van der Waals surface area contributed by atoms with Gasteiger partial charge in [0.15, 0.2) is 11.6 Å². The smallest absolute Gasteiger partial charge is 0.266 e. The molecule has 2 atom stereocenters. The first-order chi connectivity index (χ1) is 17.7. The van der Waals surface area contributed by atoms with E-state index < -0.39 is 11.6 Å². The minimum absolute atomic E-state index is 0.0898. The number of amides is 1. The molecule has 3 N–H and O–H groups in total. The van der Waals surface area contributed by atoms with Crippen molar-refractivity contribution in [3.05, 3.63) is 78.4 Å². The average Bonchev–Trinajstić information content (AvgIpc) is 3.31.